The Morgan fingerprint density at radius 2 is 1.30 bits per heavy atom. The molecule has 18 nitrogen and oxygen atoms in total. The van der Waals surface area contributed by atoms with Crippen LogP contribution in [0.3, 0.4) is 0 Å². The van der Waals surface area contributed by atoms with Crippen LogP contribution in [-0.4, -0.2) is 147 Å². The highest BCUT2D eigenvalue weighted by Gasteiger charge is 2.49. The van der Waals surface area contributed by atoms with Crippen LogP contribution in [0.4, 0.5) is 0 Å². The third-order valence-corrected chi connectivity index (χ3v) is 7.73. The highest BCUT2D eigenvalue weighted by molar-refractivity contribution is 5.88. The predicted octanol–water partition coefficient (Wildman–Crippen LogP) is -1.73. The molecular formula is C32H38O18. The highest BCUT2D eigenvalue weighted by atomic mass is 16.7. The molecule has 274 valence electrons. The topological polar surface area (TPSA) is 281 Å². The average Bonchev–Trinajstić information content (AvgIpc) is 3.10. The van der Waals surface area contributed by atoms with Crippen LogP contribution >= 0.6 is 0 Å². The number of ether oxygens (including phenoxy) is 7. The van der Waals surface area contributed by atoms with Gasteiger partial charge < -0.3 is 79.1 Å². The Labute approximate surface area is 284 Å². The van der Waals surface area contributed by atoms with Crippen LogP contribution in [-0.2, 0) is 33.3 Å². The third kappa shape index (κ3) is 8.99. The molecule has 0 spiro atoms. The zero-order valence-corrected chi connectivity index (χ0v) is 26.6. The molecule has 2 aromatic rings. The van der Waals surface area contributed by atoms with Crippen LogP contribution in [0.1, 0.15) is 11.1 Å². The fourth-order valence-corrected chi connectivity index (χ4v) is 4.98. The lowest BCUT2D eigenvalue weighted by atomic mass is 9.98. The number of benzene rings is 2. The number of esters is 2. The molecule has 0 saturated carbocycles. The van der Waals surface area contributed by atoms with E-state index in [4.69, 9.17) is 33.2 Å². The minimum atomic E-state index is -1.92. The van der Waals surface area contributed by atoms with Gasteiger partial charge in [-0.3, -0.25) is 0 Å². The van der Waals surface area contributed by atoms with Gasteiger partial charge in [0.1, 0.15) is 42.7 Å². The van der Waals surface area contributed by atoms with Gasteiger partial charge in [0, 0.05) is 12.2 Å². The maximum absolute atomic E-state index is 12.7. The minimum Gasteiger partial charge on any atom is -0.504 e. The van der Waals surface area contributed by atoms with Crippen LogP contribution in [0.5, 0.6) is 28.7 Å². The lowest BCUT2D eigenvalue weighted by Gasteiger charge is -2.43. The normalized spacial score (nSPS) is 29.9. The van der Waals surface area contributed by atoms with E-state index in [-0.39, 0.29) is 22.8 Å². The van der Waals surface area contributed by atoms with Crippen molar-refractivity contribution in [1.29, 1.82) is 0 Å². The zero-order chi connectivity index (χ0) is 36.7. The summed E-state index contributed by atoms with van der Waals surface area (Å²) in [6.07, 6.45) is -13.0. The first-order chi connectivity index (χ1) is 23.8. The molecule has 0 bridgehead atoms. The molecule has 50 heavy (non-hydrogen) atoms. The number of hydrogen-bond donors (Lipinski definition) is 9. The molecule has 0 amide bonds. The lowest BCUT2D eigenvalue weighted by molar-refractivity contribution is -0.327. The van der Waals surface area contributed by atoms with Crippen molar-refractivity contribution in [3.05, 3.63) is 53.6 Å². The molecule has 2 saturated heterocycles. The van der Waals surface area contributed by atoms with Crippen LogP contribution in [0.15, 0.2) is 42.5 Å². The first-order valence-corrected chi connectivity index (χ1v) is 15.0. The number of carbonyl (C=O) groups is 2. The standard InChI is InChI=1S/C32H38O18/c1-44-18-10-14(3-6-16(18)34)4-7-22(36)49-30-28(42)25(39)20(12-33)47-32(30)46-13-21-26(40)27(41)29(43)31(48-21)50-23(37)8-5-15-9-17(35)24(38)19(11-15)45-2/h3-11,20-21,25-35,38-43H,12-13H2,1-2H3/t20-,21-,25-,26-,27+,28+,29-,30-,31+,32-/m1/s1. The van der Waals surface area contributed by atoms with Gasteiger partial charge in [0.25, 0.3) is 0 Å². The van der Waals surface area contributed by atoms with E-state index in [9.17, 15) is 55.5 Å². The minimum absolute atomic E-state index is 0.0816. The predicted molar refractivity (Wildman–Crippen MR) is 165 cm³/mol. The molecule has 2 aliphatic rings. The van der Waals surface area contributed by atoms with Gasteiger partial charge in [-0.1, -0.05) is 6.07 Å². The van der Waals surface area contributed by atoms with Gasteiger partial charge in [-0.15, -0.1) is 0 Å². The van der Waals surface area contributed by atoms with E-state index < -0.39 is 98.1 Å². The molecule has 2 heterocycles. The summed E-state index contributed by atoms with van der Waals surface area (Å²) in [5.41, 5.74) is 0.647. The maximum Gasteiger partial charge on any atom is 0.333 e. The monoisotopic (exact) mass is 710 g/mol. The summed E-state index contributed by atoms with van der Waals surface area (Å²) in [5.74, 6) is -3.24. The molecule has 0 unspecified atom stereocenters. The largest absolute Gasteiger partial charge is 0.504 e. The summed E-state index contributed by atoms with van der Waals surface area (Å²) < 4.78 is 36.9. The second-order valence-electron chi connectivity index (χ2n) is 11.1. The van der Waals surface area contributed by atoms with E-state index in [0.717, 1.165) is 18.2 Å². The van der Waals surface area contributed by atoms with Crippen molar-refractivity contribution in [2.75, 3.05) is 27.4 Å². The maximum atomic E-state index is 12.7. The van der Waals surface area contributed by atoms with E-state index in [0.29, 0.717) is 5.56 Å². The second kappa shape index (κ2) is 16.9. The van der Waals surface area contributed by atoms with E-state index >= 15 is 0 Å². The van der Waals surface area contributed by atoms with Crippen LogP contribution in [0.2, 0.25) is 0 Å². The Bertz CT molecular complexity index is 1540. The first-order valence-electron chi connectivity index (χ1n) is 15.0. The number of phenolic OH excluding ortho intramolecular Hbond substituents is 3. The zero-order valence-electron chi connectivity index (χ0n) is 26.6. The number of aromatic hydroxyl groups is 3. The van der Waals surface area contributed by atoms with Crippen LogP contribution in [0, 0.1) is 0 Å². The van der Waals surface area contributed by atoms with E-state index in [1.807, 2.05) is 0 Å². The smallest absolute Gasteiger partial charge is 0.333 e. The number of methoxy groups -OCH3 is 2. The Morgan fingerprint density at radius 3 is 1.96 bits per heavy atom. The van der Waals surface area contributed by atoms with Gasteiger partial charge in [0.2, 0.25) is 12.0 Å². The van der Waals surface area contributed by atoms with Gasteiger partial charge in [0.05, 0.1) is 27.4 Å². The van der Waals surface area contributed by atoms with Crippen molar-refractivity contribution in [2.24, 2.45) is 0 Å². The molecule has 18 heteroatoms. The summed E-state index contributed by atoms with van der Waals surface area (Å²) >= 11 is 0. The Balaban J connectivity index is 1.43. The summed E-state index contributed by atoms with van der Waals surface area (Å²) in [7, 11) is 2.59. The molecule has 10 atom stereocenters. The summed E-state index contributed by atoms with van der Waals surface area (Å²) in [4.78, 5) is 25.2. The number of aliphatic hydroxyl groups is 6. The Kier molecular flexibility index (Phi) is 13.0. The van der Waals surface area contributed by atoms with Gasteiger partial charge in [-0.25, -0.2) is 9.59 Å². The average molecular weight is 711 g/mol. The molecule has 0 aliphatic carbocycles. The lowest BCUT2D eigenvalue weighted by Crippen LogP contribution is -2.62. The molecule has 4 rings (SSSR count). The van der Waals surface area contributed by atoms with Gasteiger partial charge >= 0.3 is 11.9 Å². The molecule has 0 aromatic heterocycles. The number of aliphatic hydroxyl groups excluding tert-OH is 6. The third-order valence-electron chi connectivity index (χ3n) is 7.73. The summed E-state index contributed by atoms with van der Waals surface area (Å²) in [6, 6.07) is 6.66. The summed E-state index contributed by atoms with van der Waals surface area (Å²) in [6.45, 7) is -1.47. The SMILES string of the molecule is COc1cc(C=CC(=O)O[C@H]2[C@H](OC[C@H]3O[C@@H](OC(=O)C=Cc4cc(O)c(O)c(OC)c4)[C@H](O)[C@@H](O)[C@@H]3O)O[C@H](CO)[C@@H](O)[C@@H]2O)ccc1O. The van der Waals surface area contributed by atoms with Crippen molar-refractivity contribution in [1.82, 2.24) is 0 Å². The molecule has 2 aliphatic heterocycles. The second-order valence-corrected chi connectivity index (χ2v) is 11.1. The van der Waals surface area contributed by atoms with Crippen molar-refractivity contribution >= 4 is 24.1 Å². The van der Waals surface area contributed by atoms with Crippen LogP contribution in [0.25, 0.3) is 12.2 Å². The van der Waals surface area contributed by atoms with Crippen molar-refractivity contribution in [3.63, 3.8) is 0 Å². The summed E-state index contributed by atoms with van der Waals surface area (Å²) in [5, 5.41) is 91.5. The molecule has 2 fully saturated rings. The van der Waals surface area contributed by atoms with E-state index in [2.05, 4.69) is 0 Å². The Hall–Kier alpha value is -4.50. The molecule has 2 aromatic carbocycles. The number of hydrogen-bond acceptors (Lipinski definition) is 18. The number of phenols is 3. The highest BCUT2D eigenvalue weighted by Crippen LogP contribution is 2.36. The molecule has 9 N–H and O–H groups in total. The number of carbonyl (C=O) groups excluding carboxylic acids is 2. The van der Waals surface area contributed by atoms with E-state index in [1.54, 1.807) is 0 Å². The van der Waals surface area contributed by atoms with Crippen molar-refractivity contribution in [3.8, 4) is 28.7 Å². The first kappa shape index (κ1) is 38.3. The van der Waals surface area contributed by atoms with Gasteiger partial charge in [-0.2, -0.15) is 0 Å². The fourth-order valence-electron chi connectivity index (χ4n) is 4.98. The van der Waals surface area contributed by atoms with Crippen molar-refractivity contribution < 1.29 is 88.7 Å². The molecular weight excluding hydrogens is 672 g/mol. The molecule has 0 radical (unpaired) electrons. The quantitative estimate of drug-likeness (QED) is 0.0672. The van der Waals surface area contributed by atoms with E-state index in [1.165, 1.54) is 50.6 Å². The van der Waals surface area contributed by atoms with Crippen molar-refractivity contribution in [2.45, 2.75) is 61.4 Å². The van der Waals surface area contributed by atoms with Crippen LogP contribution < -0.4 is 9.47 Å². The van der Waals surface area contributed by atoms with Gasteiger partial charge in [0.15, 0.2) is 35.4 Å². The number of rotatable bonds is 12. The van der Waals surface area contributed by atoms with Gasteiger partial charge in [-0.05, 0) is 47.5 Å². The Morgan fingerprint density at radius 1 is 0.700 bits per heavy atom. The fraction of sp³-hybridized carbons (Fsp3) is 0.438.